The van der Waals surface area contributed by atoms with Crippen LogP contribution >= 0.6 is 0 Å². The predicted molar refractivity (Wildman–Crippen MR) is 71.4 cm³/mol. The van der Waals surface area contributed by atoms with Crippen molar-refractivity contribution in [1.29, 1.82) is 0 Å². The standard InChI is InChI=1S/C13H19N3O4/c1-8-4-5-10(20-8)11(17)15-9-6-14-16(7-9)13(2,3)12(18)19/h6-8,10H,4-5H2,1-3H3,(H,15,17)(H,18,19). The molecule has 0 bridgehead atoms. The molecule has 0 aliphatic carbocycles. The van der Waals surface area contributed by atoms with Gasteiger partial charge in [-0.2, -0.15) is 5.10 Å². The van der Waals surface area contributed by atoms with E-state index in [4.69, 9.17) is 9.84 Å². The van der Waals surface area contributed by atoms with Crippen LogP contribution in [-0.4, -0.2) is 39.0 Å². The van der Waals surface area contributed by atoms with Gasteiger partial charge in [0.25, 0.3) is 5.91 Å². The first-order valence-electron chi connectivity index (χ1n) is 6.55. The highest BCUT2D eigenvalue weighted by Gasteiger charge is 2.31. The Bertz CT molecular complexity index is 523. The summed E-state index contributed by atoms with van der Waals surface area (Å²) in [5, 5.41) is 15.8. The van der Waals surface area contributed by atoms with E-state index in [1.54, 1.807) is 0 Å². The molecule has 1 amide bonds. The van der Waals surface area contributed by atoms with Crippen molar-refractivity contribution < 1.29 is 19.4 Å². The minimum atomic E-state index is -1.17. The van der Waals surface area contributed by atoms with Crippen LogP contribution in [0.15, 0.2) is 12.4 Å². The lowest BCUT2D eigenvalue weighted by Gasteiger charge is -2.19. The predicted octanol–water partition coefficient (Wildman–Crippen LogP) is 1.21. The molecule has 2 heterocycles. The van der Waals surface area contributed by atoms with Crippen molar-refractivity contribution in [1.82, 2.24) is 9.78 Å². The monoisotopic (exact) mass is 281 g/mol. The van der Waals surface area contributed by atoms with E-state index < -0.39 is 17.6 Å². The summed E-state index contributed by atoms with van der Waals surface area (Å²) in [5.74, 6) is -1.21. The van der Waals surface area contributed by atoms with Crippen molar-refractivity contribution in [3.8, 4) is 0 Å². The maximum atomic E-state index is 12.0. The molecular weight excluding hydrogens is 262 g/mol. The molecule has 1 aromatic heterocycles. The van der Waals surface area contributed by atoms with Crippen molar-refractivity contribution >= 4 is 17.6 Å². The zero-order valence-corrected chi connectivity index (χ0v) is 11.8. The molecule has 1 aromatic rings. The average molecular weight is 281 g/mol. The van der Waals surface area contributed by atoms with E-state index in [0.717, 1.165) is 6.42 Å². The van der Waals surface area contributed by atoms with Crippen molar-refractivity contribution in [2.45, 2.75) is 51.4 Å². The first-order chi connectivity index (χ1) is 9.30. The fraction of sp³-hybridized carbons (Fsp3) is 0.615. The second-order valence-electron chi connectivity index (χ2n) is 5.54. The molecule has 1 fully saturated rings. The minimum absolute atomic E-state index is 0.0967. The molecule has 0 radical (unpaired) electrons. The molecule has 7 nitrogen and oxygen atoms in total. The van der Waals surface area contributed by atoms with Crippen LogP contribution in [0.5, 0.6) is 0 Å². The van der Waals surface area contributed by atoms with Gasteiger partial charge in [-0.1, -0.05) is 0 Å². The molecule has 2 unspecified atom stereocenters. The molecule has 2 N–H and O–H groups in total. The maximum absolute atomic E-state index is 12.0. The molecule has 0 saturated carbocycles. The number of rotatable bonds is 4. The summed E-state index contributed by atoms with van der Waals surface area (Å²) in [4.78, 5) is 23.1. The number of aliphatic carboxylic acids is 1. The third-order valence-corrected chi connectivity index (χ3v) is 3.47. The number of nitrogens with zero attached hydrogens (tertiary/aromatic N) is 2. The molecular formula is C13H19N3O4. The summed E-state index contributed by atoms with van der Waals surface area (Å²) >= 11 is 0. The van der Waals surface area contributed by atoms with Gasteiger partial charge in [0, 0.05) is 6.20 Å². The third-order valence-electron chi connectivity index (χ3n) is 3.47. The summed E-state index contributed by atoms with van der Waals surface area (Å²) in [6.07, 6.45) is 4.15. The number of hydrogen-bond acceptors (Lipinski definition) is 4. The van der Waals surface area contributed by atoms with Crippen LogP contribution in [0, 0.1) is 0 Å². The van der Waals surface area contributed by atoms with Crippen LogP contribution < -0.4 is 5.32 Å². The number of ether oxygens (including phenoxy) is 1. The molecule has 20 heavy (non-hydrogen) atoms. The summed E-state index contributed by atoms with van der Waals surface area (Å²) < 4.78 is 6.78. The van der Waals surface area contributed by atoms with E-state index in [9.17, 15) is 9.59 Å². The number of carbonyl (C=O) groups is 2. The quantitative estimate of drug-likeness (QED) is 0.865. The first kappa shape index (κ1) is 14.5. The number of carbonyl (C=O) groups excluding carboxylic acids is 1. The van der Waals surface area contributed by atoms with Gasteiger partial charge in [-0.15, -0.1) is 0 Å². The van der Waals surface area contributed by atoms with Gasteiger partial charge >= 0.3 is 5.97 Å². The topological polar surface area (TPSA) is 93.5 Å². The van der Waals surface area contributed by atoms with E-state index in [1.165, 1.54) is 30.9 Å². The lowest BCUT2D eigenvalue weighted by atomic mass is 10.1. The average Bonchev–Trinajstić information content (AvgIpc) is 2.98. The highest BCUT2D eigenvalue weighted by molar-refractivity contribution is 5.94. The zero-order chi connectivity index (χ0) is 14.9. The van der Waals surface area contributed by atoms with Gasteiger partial charge in [0.2, 0.25) is 0 Å². The van der Waals surface area contributed by atoms with E-state index >= 15 is 0 Å². The maximum Gasteiger partial charge on any atom is 0.331 e. The van der Waals surface area contributed by atoms with Crippen LogP contribution in [0.25, 0.3) is 0 Å². The first-order valence-corrected chi connectivity index (χ1v) is 6.55. The van der Waals surface area contributed by atoms with Gasteiger partial charge in [-0.25, -0.2) is 4.79 Å². The Balaban J connectivity index is 2.03. The molecule has 1 aliphatic heterocycles. The fourth-order valence-electron chi connectivity index (χ4n) is 2.01. The van der Waals surface area contributed by atoms with Crippen molar-refractivity contribution in [2.24, 2.45) is 0 Å². The Kier molecular flexibility index (Phi) is 3.80. The minimum Gasteiger partial charge on any atom is -0.479 e. The Labute approximate surface area is 116 Å². The highest BCUT2D eigenvalue weighted by atomic mass is 16.5. The van der Waals surface area contributed by atoms with E-state index in [-0.39, 0.29) is 12.0 Å². The summed E-state index contributed by atoms with van der Waals surface area (Å²) in [6, 6.07) is 0. The molecule has 0 aromatic carbocycles. The number of nitrogens with one attached hydrogen (secondary N) is 1. The van der Waals surface area contributed by atoms with Crippen LogP contribution in [0.4, 0.5) is 5.69 Å². The van der Waals surface area contributed by atoms with Crippen LogP contribution in [-0.2, 0) is 19.9 Å². The van der Waals surface area contributed by atoms with Gasteiger partial charge < -0.3 is 15.2 Å². The third kappa shape index (κ3) is 2.82. The fourth-order valence-corrected chi connectivity index (χ4v) is 2.01. The Morgan fingerprint density at radius 1 is 1.50 bits per heavy atom. The number of amides is 1. The smallest absolute Gasteiger partial charge is 0.331 e. The molecule has 7 heteroatoms. The van der Waals surface area contributed by atoms with Crippen LogP contribution in [0.2, 0.25) is 0 Å². The van der Waals surface area contributed by atoms with Crippen LogP contribution in [0.3, 0.4) is 0 Å². The summed E-state index contributed by atoms with van der Waals surface area (Å²) in [7, 11) is 0. The van der Waals surface area contributed by atoms with E-state index in [1.807, 2.05) is 6.92 Å². The number of anilines is 1. The van der Waals surface area contributed by atoms with Gasteiger partial charge in [-0.05, 0) is 33.6 Å². The number of aromatic nitrogens is 2. The number of carboxylic acids is 1. The second-order valence-corrected chi connectivity index (χ2v) is 5.54. The van der Waals surface area contributed by atoms with Gasteiger partial charge in [0.05, 0.1) is 18.0 Å². The molecule has 2 atom stereocenters. The molecule has 1 aliphatic rings. The van der Waals surface area contributed by atoms with Crippen molar-refractivity contribution in [3.05, 3.63) is 12.4 Å². The van der Waals surface area contributed by atoms with Crippen molar-refractivity contribution in [3.63, 3.8) is 0 Å². The Morgan fingerprint density at radius 3 is 2.75 bits per heavy atom. The molecule has 0 spiro atoms. The highest BCUT2D eigenvalue weighted by Crippen LogP contribution is 2.21. The zero-order valence-electron chi connectivity index (χ0n) is 11.8. The summed E-state index contributed by atoms with van der Waals surface area (Å²) in [6.45, 7) is 5.01. The van der Waals surface area contributed by atoms with Gasteiger partial charge in [-0.3, -0.25) is 9.48 Å². The van der Waals surface area contributed by atoms with Gasteiger partial charge in [0.15, 0.2) is 5.54 Å². The molecule has 2 rings (SSSR count). The largest absolute Gasteiger partial charge is 0.479 e. The van der Waals surface area contributed by atoms with Crippen molar-refractivity contribution in [2.75, 3.05) is 5.32 Å². The SMILES string of the molecule is CC1CCC(C(=O)Nc2cnn(C(C)(C)C(=O)O)c2)O1. The lowest BCUT2D eigenvalue weighted by molar-refractivity contribution is -0.146. The Morgan fingerprint density at radius 2 is 2.20 bits per heavy atom. The van der Waals surface area contributed by atoms with E-state index in [0.29, 0.717) is 12.1 Å². The number of carboxylic acid groups (broad SMARTS) is 1. The Hall–Kier alpha value is -1.89. The second kappa shape index (κ2) is 5.24. The van der Waals surface area contributed by atoms with Crippen LogP contribution in [0.1, 0.15) is 33.6 Å². The normalized spacial score (nSPS) is 22.8. The van der Waals surface area contributed by atoms with Gasteiger partial charge in [0.1, 0.15) is 6.10 Å². The molecule has 1 saturated heterocycles. The molecule has 110 valence electrons. The van der Waals surface area contributed by atoms with E-state index in [2.05, 4.69) is 10.4 Å². The lowest BCUT2D eigenvalue weighted by Crippen LogP contribution is -2.36. The number of hydrogen-bond donors (Lipinski definition) is 2. The summed E-state index contributed by atoms with van der Waals surface area (Å²) in [5.41, 5.74) is -0.700.